The van der Waals surface area contributed by atoms with Crippen LogP contribution in [0, 0.1) is 10.1 Å². The van der Waals surface area contributed by atoms with Gasteiger partial charge in [0.2, 0.25) is 0 Å². The third kappa shape index (κ3) is 5.75. The number of carbonyl (C=O) groups excluding carboxylic acids is 3. The zero-order valence-electron chi connectivity index (χ0n) is 19.7. The molecule has 1 unspecified atom stereocenters. The van der Waals surface area contributed by atoms with Crippen molar-refractivity contribution in [3.8, 4) is 11.1 Å². The third-order valence-corrected chi connectivity index (χ3v) is 6.03. The number of nitro groups is 1. The molecule has 1 aliphatic rings. The number of carboxylic acids is 1. The lowest BCUT2D eigenvalue weighted by Gasteiger charge is -2.18. The van der Waals surface area contributed by atoms with Gasteiger partial charge in [-0.1, -0.05) is 60.7 Å². The summed E-state index contributed by atoms with van der Waals surface area (Å²) in [5.41, 5.74) is 8.54. The highest BCUT2D eigenvalue weighted by Gasteiger charge is 2.29. The van der Waals surface area contributed by atoms with E-state index in [0.29, 0.717) is 5.56 Å². The molecule has 0 heterocycles. The highest BCUT2D eigenvalue weighted by Crippen LogP contribution is 2.44. The molecule has 3 aromatic carbocycles. The molecule has 0 bridgehead atoms. The summed E-state index contributed by atoms with van der Waals surface area (Å²) in [5, 5.41) is 21.8. The number of rotatable bonds is 7. The molecule has 0 radical (unpaired) electrons. The lowest BCUT2D eigenvalue weighted by Crippen LogP contribution is -2.54. The summed E-state index contributed by atoms with van der Waals surface area (Å²) in [7, 11) is 0. The highest BCUT2D eigenvalue weighted by atomic mass is 16.6. The Hall–Kier alpha value is -5.26. The number of hydrogen-bond donors (Lipinski definition) is 4. The van der Waals surface area contributed by atoms with E-state index in [9.17, 15) is 29.3 Å². The second-order valence-electron chi connectivity index (χ2n) is 8.40. The van der Waals surface area contributed by atoms with Gasteiger partial charge in [0.05, 0.1) is 4.92 Å². The maximum atomic E-state index is 12.7. The van der Waals surface area contributed by atoms with Crippen LogP contribution in [0.4, 0.5) is 10.5 Å². The SMILES string of the molecule is O=C(NNC(=O)C(Cc1ccc([N+](=O)[O-])cc1)NC(=O)C(=O)O)OCC1c2ccccc2-c2ccccc21. The molecule has 1 aliphatic carbocycles. The number of carboxylic acid groups (broad SMARTS) is 1. The van der Waals surface area contributed by atoms with Crippen LogP contribution in [0.5, 0.6) is 0 Å². The predicted octanol–water partition coefficient (Wildman–Crippen LogP) is 2.28. The first kappa shape index (κ1) is 25.8. The fourth-order valence-electron chi connectivity index (χ4n) is 4.25. The standard InChI is InChI=1S/C26H22N4O8/c31-23(22(27-24(32)25(33)34)13-15-9-11-16(12-10-15)30(36)37)28-29-26(35)38-14-21-19-7-3-1-5-17(19)18-6-2-4-8-20(18)21/h1-12,21-22H,13-14H2,(H,27,32)(H,28,31)(H,29,35)(H,33,34). The summed E-state index contributed by atoms with van der Waals surface area (Å²) in [6.45, 7) is -0.00228. The highest BCUT2D eigenvalue weighted by molar-refractivity contribution is 6.32. The third-order valence-electron chi connectivity index (χ3n) is 6.03. The molecule has 0 saturated heterocycles. The summed E-state index contributed by atoms with van der Waals surface area (Å²) in [6, 6.07) is 19.3. The van der Waals surface area contributed by atoms with Crippen molar-refractivity contribution in [3.63, 3.8) is 0 Å². The van der Waals surface area contributed by atoms with Crippen molar-refractivity contribution in [2.45, 2.75) is 18.4 Å². The molecule has 12 nitrogen and oxygen atoms in total. The molecular weight excluding hydrogens is 496 g/mol. The lowest BCUT2D eigenvalue weighted by atomic mass is 9.98. The summed E-state index contributed by atoms with van der Waals surface area (Å²) in [6.07, 6.45) is -1.16. The normalized spacial score (nSPS) is 12.4. The minimum Gasteiger partial charge on any atom is -0.474 e. The maximum absolute atomic E-state index is 12.7. The Morgan fingerprint density at radius 1 is 0.895 bits per heavy atom. The fraction of sp³-hybridized carbons (Fsp3) is 0.154. The molecule has 194 valence electrons. The molecule has 0 aliphatic heterocycles. The van der Waals surface area contributed by atoms with Crippen LogP contribution in [0.1, 0.15) is 22.6 Å². The van der Waals surface area contributed by atoms with E-state index in [2.05, 4.69) is 10.9 Å². The van der Waals surface area contributed by atoms with Crippen molar-refractivity contribution < 1.29 is 33.9 Å². The molecule has 0 spiro atoms. The average molecular weight is 518 g/mol. The van der Waals surface area contributed by atoms with Crippen LogP contribution in [-0.4, -0.2) is 46.6 Å². The van der Waals surface area contributed by atoms with Crippen LogP contribution in [0.25, 0.3) is 11.1 Å². The number of amides is 3. The molecule has 38 heavy (non-hydrogen) atoms. The van der Waals surface area contributed by atoms with Gasteiger partial charge in [-0.05, 0) is 27.8 Å². The van der Waals surface area contributed by atoms with Crippen molar-refractivity contribution >= 4 is 29.6 Å². The molecule has 0 fully saturated rings. The van der Waals surface area contributed by atoms with E-state index in [1.54, 1.807) is 0 Å². The molecule has 1 atom stereocenters. The molecule has 0 saturated carbocycles. The Morgan fingerprint density at radius 2 is 1.47 bits per heavy atom. The van der Waals surface area contributed by atoms with Crippen LogP contribution in [0.2, 0.25) is 0 Å². The number of carbonyl (C=O) groups is 4. The first-order valence-corrected chi connectivity index (χ1v) is 11.4. The first-order chi connectivity index (χ1) is 18.2. The number of nitro benzene ring substituents is 1. The summed E-state index contributed by atoms with van der Waals surface area (Å²) in [5.74, 6) is -4.37. The number of nitrogens with zero attached hydrogens (tertiary/aromatic N) is 1. The number of hydrazine groups is 1. The van der Waals surface area contributed by atoms with Crippen LogP contribution in [0.15, 0.2) is 72.8 Å². The second kappa shape index (κ2) is 11.2. The van der Waals surface area contributed by atoms with Crippen molar-refractivity contribution in [2.75, 3.05) is 6.61 Å². The Labute approximate surface area is 215 Å². The van der Waals surface area contributed by atoms with Gasteiger partial charge in [-0.25, -0.2) is 15.0 Å². The molecule has 4 rings (SSSR count). The molecule has 3 amide bonds. The summed E-state index contributed by atoms with van der Waals surface area (Å²) < 4.78 is 5.33. The lowest BCUT2D eigenvalue weighted by molar-refractivity contribution is -0.384. The molecule has 4 N–H and O–H groups in total. The summed E-state index contributed by atoms with van der Waals surface area (Å²) in [4.78, 5) is 57.9. The zero-order valence-corrected chi connectivity index (χ0v) is 19.7. The molecular formula is C26H22N4O8. The maximum Gasteiger partial charge on any atom is 0.426 e. The van der Waals surface area contributed by atoms with Gasteiger partial charge in [-0.15, -0.1) is 0 Å². The van der Waals surface area contributed by atoms with Gasteiger partial charge in [-0.3, -0.25) is 25.1 Å². The summed E-state index contributed by atoms with van der Waals surface area (Å²) >= 11 is 0. The largest absolute Gasteiger partial charge is 0.474 e. The first-order valence-electron chi connectivity index (χ1n) is 11.4. The number of nitrogens with one attached hydrogen (secondary N) is 3. The van der Waals surface area contributed by atoms with Gasteiger partial charge in [0, 0.05) is 24.5 Å². The van der Waals surface area contributed by atoms with Crippen molar-refractivity contribution in [3.05, 3.63) is 99.6 Å². The minimum atomic E-state index is -1.81. The number of fused-ring (bicyclic) bond motifs is 3. The van der Waals surface area contributed by atoms with Gasteiger partial charge >= 0.3 is 18.0 Å². The van der Waals surface area contributed by atoms with Gasteiger partial charge in [0.25, 0.3) is 11.6 Å². The monoisotopic (exact) mass is 518 g/mol. The van der Waals surface area contributed by atoms with E-state index in [-0.39, 0.29) is 24.6 Å². The minimum absolute atomic E-state index is 0.00228. The number of benzene rings is 3. The van der Waals surface area contributed by atoms with E-state index in [1.807, 2.05) is 53.8 Å². The fourth-order valence-corrected chi connectivity index (χ4v) is 4.25. The van der Waals surface area contributed by atoms with E-state index < -0.39 is 34.8 Å². The smallest absolute Gasteiger partial charge is 0.426 e. The Morgan fingerprint density at radius 3 is 2.03 bits per heavy atom. The Balaban J connectivity index is 1.37. The van der Waals surface area contributed by atoms with Gasteiger partial charge in [0.1, 0.15) is 12.6 Å². The van der Waals surface area contributed by atoms with E-state index in [4.69, 9.17) is 9.84 Å². The second-order valence-corrected chi connectivity index (χ2v) is 8.40. The number of ether oxygens (including phenoxy) is 1. The van der Waals surface area contributed by atoms with Crippen LogP contribution in [0.3, 0.4) is 0 Å². The Kier molecular flexibility index (Phi) is 7.61. The van der Waals surface area contributed by atoms with Gasteiger partial charge in [0.15, 0.2) is 0 Å². The molecule has 12 heteroatoms. The Bertz CT molecular complexity index is 1360. The average Bonchev–Trinajstić information content (AvgIpc) is 3.24. The number of hydrogen-bond acceptors (Lipinski definition) is 7. The predicted molar refractivity (Wildman–Crippen MR) is 133 cm³/mol. The van der Waals surface area contributed by atoms with Gasteiger partial charge < -0.3 is 15.2 Å². The van der Waals surface area contributed by atoms with Crippen molar-refractivity contribution in [2.24, 2.45) is 0 Å². The quantitative estimate of drug-likeness (QED) is 0.209. The van der Waals surface area contributed by atoms with E-state index in [0.717, 1.165) is 22.3 Å². The van der Waals surface area contributed by atoms with Crippen molar-refractivity contribution in [1.82, 2.24) is 16.2 Å². The van der Waals surface area contributed by atoms with E-state index >= 15 is 0 Å². The van der Waals surface area contributed by atoms with Crippen LogP contribution >= 0.6 is 0 Å². The van der Waals surface area contributed by atoms with Crippen molar-refractivity contribution in [1.29, 1.82) is 0 Å². The van der Waals surface area contributed by atoms with Crippen LogP contribution < -0.4 is 16.2 Å². The number of non-ortho nitro benzene ring substituents is 1. The number of aliphatic carboxylic acids is 1. The molecule has 3 aromatic rings. The van der Waals surface area contributed by atoms with Crippen LogP contribution in [-0.2, 0) is 25.5 Å². The van der Waals surface area contributed by atoms with E-state index in [1.165, 1.54) is 24.3 Å². The zero-order chi connectivity index (χ0) is 27.2. The van der Waals surface area contributed by atoms with Gasteiger partial charge in [-0.2, -0.15) is 0 Å². The topological polar surface area (TPSA) is 177 Å². The molecule has 0 aromatic heterocycles.